The first-order valence-corrected chi connectivity index (χ1v) is 8.46. The lowest BCUT2D eigenvalue weighted by Gasteiger charge is -2.10. The fourth-order valence-electron chi connectivity index (χ4n) is 2.37. The van der Waals surface area contributed by atoms with Gasteiger partial charge in [0.2, 0.25) is 0 Å². The number of methoxy groups -OCH3 is 1. The van der Waals surface area contributed by atoms with Crippen molar-refractivity contribution >= 4 is 38.9 Å². The molecule has 0 saturated heterocycles. The van der Waals surface area contributed by atoms with Crippen molar-refractivity contribution in [1.82, 2.24) is 5.48 Å². The molecule has 0 atom stereocenters. The van der Waals surface area contributed by atoms with Gasteiger partial charge in [-0.3, -0.25) is 14.8 Å². The van der Waals surface area contributed by atoms with E-state index in [0.717, 1.165) is 10.1 Å². The van der Waals surface area contributed by atoms with Crippen molar-refractivity contribution in [3.05, 3.63) is 53.4 Å². The Kier molecular flexibility index (Phi) is 5.35. The molecule has 2 amide bonds. The van der Waals surface area contributed by atoms with Crippen LogP contribution in [-0.2, 0) is 4.79 Å². The zero-order valence-electron chi connectivity index (χ0n) is 13.8. The topological polar surface area (TPSA) is 96.9 Å². The molecular weight excluding hydrogens is 356 g/mol. The zero-order valence-corrected chi connectivity index (χ0v) is 14.6. The van der Waals surface area contributed by atoms with E-state index in [-0.39, 0.29) is 12.5 Å². The Morgan fingerprint density at radius 3 is 2.62 bits per heavy atom. The number of amides is 2. The Morgan fingerprint density at radius 1 is 1.12 bits per heavy atom. The van der Waals surface area contributed by atoms with E-state index in [9.17, 15) is 9.59 Å². The molecule has 7 nitrogen and oxygen atoms in total. The molecule has 2 aromatic carbocycles. The Morgan fingerprint density at radius 2 is 1.88 bits per heavy atom. The van der Waals surface area contributed by atoms with Crippen LogP contribution >= 0.6 is 11.3 Å². The first kappa shape index (κ1) is 17.7. The van der Waals surface area contributed by atoms with Crippen LogP contribution in [0.25, 0.3) is 10.1 Å². The number of nitrogens with one attached hydrogen (secondary N) is 2. The number of hydroxylamine groups is 1. The van der Waals surface area contributed by atoms with Crippen LogP contribution in [-0.4, -0.2) is 30.7 Å². The highest BCUT2D eigenvalue weighted by Gasteiger charge is 2.11. The van der Waals surface area contributed by atoms with Crippen molar-refractivity contribution in [1.29, 1.82) is 0 Å². The summed E-state index contributed by atoms with van der Waals surface area (Å²) >= 11 is 1.25. The molecule has 0 aliphatic rings. The van der Waals surface area contributed by atoms with Crippen molar-refractivity contribution in [2.75, 3.05) is 19.0 Å². The number of benzene rings is 2. The van der Waals surface area contributed by atoms with Crippen LogP contribution in [0.15, 0.2) is 48.5 Å². The number of rotatable bonds is 6. The smallest absolute Gasteiger partial charge is 0.284 e. The first-order valence-electron chi connectivity index (χ1n) is 7.64. The number of carbonyl (C=O) groups excluding carboxylic acids is 2. The van der Waals surface area contributed by atoms with Gasteiger partial charge in [0.05, 0.1) is 12.0 Å². The molecule has 3 N–H and O–H groups in total. The van der Waals surface area contributed by atoms with E-state index < -0.39 is 5.91 Å². The van der Waals surface area contributed by atoms with Gasteiger partial charge < -0.3 is 14.8 Å². The van der Waals surface area contributed by atoms with E-state index in [4.69, 9.17) is 14.7 Å². The van der Waals surface area contributed by atoms with E-state index in [1.807, 2.05) is 6.07 Å². The third-order valence-corrected chi connectivity index (χ3v) is 4.67. The molecular formula is C18H16N2O5S. The molecule has 1 heterocycles. The number of hydrogen-bond acceptors (Lipinski definition) is 6. The monoisotopic (exact) mass is 372 g/mol. The van der Waals surface area contributed by atoms with Crippen LogP contribution in [0.4, 0.5) is 5.69 Å². The largest absolute Gasteiger partial charge is 0.493 e. The number of anilines is 1. The number of para-hydroxylation sites is 2. The SMILES string of the molecule is COc1ccccc1OCC(=O)Nc1ccc2sc(C(=O)NO)cc2c1. The first-order chi connectivity index (χ1) is 12.6. The van der Waals surface area contributed by atoms with Crippen molar-refractivity contribution in [3.8, 4) is 11.5 Å². The van der Waals surface area contributed by atoms with Gasteiger partial charge >= 0.3 is 0 Å². The standard InChI is InChI=1S/C18H16N2O5S/c1-24-13-4-2-3-5-14(13)25-10-17(21)19-12-6-7-15-11(8-12)9-16(26-15)18(22)20-23/h2-9,23H,10H2,1H3,(H,19,21)(H,20,22). The lowest BCUT2D eigenvalue weighted by Crippen LogP contribution is -2.20. The van der Waals surface area contributed by atoms with Crippen LogP contribution < -0.4 is 20.3 Å². The quantitative estimate of drug-likeness (QED) is 0.456. The maximum absolute atomic E-state index is 12.1. The summed E-state index contributed by atoms with van der Waals surface area (Å²) < 4.78 is 11.5. The molecule has 3 aromatic rings. The average Bonchev–Trinajstić information content (AvgIpc) is 3.09. The van der Waals surface area contributed by atoms with Crippen LogP contribution in [0.1, 0.15) is 9.67 Å². The predicted octanol–water partition coefficient (Wildman–Crippen LogP) is 3.05. The Hall–Kier alpha value is -3.10. The lowest BCUT2D eigenvalue weighted by molar-refractivity contribution is -0.118. The minimum Gasteiger partial charge on any atom is -0.493 e. The van der Waals surface area contributed by atoms with Gasteiger partial charge in [0.15, 0.2) is 18.1 Å². The van der Waals surface area contributed by atoms with Crippen molar-refractivity contribution in [2.45, 2.75) is 0 Å². The third-order valence-electron chi connectivity index (χ3n) is 3.55. The maximum Gasteiger partial charge on any atom is 0.284 e. The van der Waals surface area contributed by atoms with Gasteiger partial charge in [0.1, 0.15) is 0 Å². The molecule has 26 heavy (non-hydrogen) atoms. The Bertz CT molecular complexity index is 954. The summed E-state index contributed by atoms with van der Waals surface area (Å²) in [6.07, 6.45) is 0. The Balaban J connectivity index is 1.66. The third kappa shape index (κ3) is 3.93. The number of ether oxygens (including phenoxy) is 2. The summed E-state index contributed by atoms with van der Waals surface area (Å²) in [7, 11) is 1.53. The summed E-state index contributed by atoms with van der Waals surface area (Å²) in [6, 6.07) is 14.0. The molecule has 0 fully saturated rings. The van der Waals surface area contributed by atoms with Gasteiger partial charge in [-0.25, -0.2) is 5.48 Å². The molecule has 0 bridgehead atoms. The van der Waals surface area contributed by atoms with Crippen LogP contribution in [0.3, 0.4) is 0 Å². The van der Waals surface area contributed by atoms with Crippen molar-refractivity contribution in [2.24, 2.45) is 0 Å². The van der Waals surface area contributed by atoms with Gasteiger partial charge in [-0.05, 0) is 41.8 Å². The van der Waals surface area contributed by atoms with Crippen molar-refractivity contribution < 1.29 is 24.3 Å². The van der Waals surface area contributed by atoms with Gasteiger partial charge in [-0.15, -0.1) is 11.3 Å². The molecule has 0 aliphatic heterocycles. The van der Waals surface area contributed by atoms with Crippen LogP contribution in [0.5, 0.6) is 11.5 Å². The van der Waals surface area contributed by atoms with Crippen LogP contribution in [0, 0.1) is 0 Å². The summed E-state index contributed by atoms with van der Waals surface area (Å²) in [5.74, 6) is 0.147. The summed E-state index contributed by atoms with van der Waals surface area (Å²) in [4.78, 5) is 24.0. The fourth-order valence-corrected chi connectivity index (χ4v) is 3.30. The predicted molar refractivity (Wildman–Crippen MR) is 98.2 cm³/mol. The highest BCUT2D eigenvalue weighted by Crippen LogP contribution is 2.28. The van der Waals surface area contributed by atoms with Gasteiger partial charge in [0, 0.05) is 10.4 Å². The minimum absolute atomic E-state index is 0.166. The highest BCUT2D eigenvalue weighted by atomic mass is 32.1. The van der Waals surface area contributed by atoms with Crippen LogP contribution in [0.2, 0.25) is 0 Å². The molecule has 0 aliphatic carbocycles. The van der Waals surface area contributed by atoms with E-state index in [2.05, 4.69) is 5.32 Å². The second-order valence-electron chi connectivity index (χ2n) is 5.29. The van der Waals surface area contributed by atoms with E-state index in [0.29, 0.717) is 22.1 Å². The number of carbonyl (C=O) groups is 2. The molecule has 0 saturated carbocycles. The van der Waals surface area contributed by atoms with Gasteiger partial charge in [-0.2, -0.15) is 0 Å². The number of hydrogen-bond donors (Lipinski definition) is 3. The normalized spacial score (nSPS) is 10.4. The Labute approximate surface area is 153 Å². The number of thiophene rings is 1. The highest BCUT2D eigenvalue weighted by molar-refractivity contribution is 7.20. The van der Waals surface area contributed by atoms with E-state index in [1.165, 1.54) is 18.4 Å². The second kappa shape index (κ2) is 7.85. The molecule has 8 heteroatoms. The van der Waals surface area contributed by atoms with Gasteiger partial charge in [-0.1, -0.05) is 12.1 Å². The maximum atomic E-state index is 12.1. The minimum atomic E-state index is -0.568. The molecule has 0 unspecified atom stereocenters. The molecule has 0 radical (unpaired) electrons. The summed E-state index contributed by atoms with van der Waals surface area (Å²) in [5.41, 5.74) is 2.19. The summed E-state index contributed by atoms with van der Waals surface area (Å²) in [6.45, 7) is -0.166. The fraction of sp³-hybridized carbons (Fsp3) is 0.111. The molecule has 1 aromatic heterocycles. The van der Waals surface area contributed by atoms with Gasteiger partial charge in [0.25, 0.3) is 11.8 Å². The second-order valence-corrected chi connectivity index (χ2v) is 6.38. The number of fused-ring (bicyclic) bond motifs is 1. The van der Waals surface area contributed by atoms with E-state index >= 15 is 0 Å². The van der Waals surface area contributed by atoms with Crippen molar-refractivity contribution in [3.63, 3.8) is 0 Å². The molecule has 3 rings (SSSR count). The average molecular weight is 372 g/mol. The zero-order chi connectivity index (χ0) is 18.5. The van der Waals surface area contributed by atoms with E-state index in [1.54, 1.807) is 47.9 Å². The lowest BCUT2D eigenvalue weighted by atomic mass is 10.2. The molecule has 0 spiro atoms. The summed E-state index contributed by atoms with van der Waals surface area (Å²) in [5, 5.41) is 12.2. The molecule has 134 valence electrons.